The van der Waals surface area contributed by atoms with Crippen LogP contribution in [0.15, 0.2) is 18.3 Å². The van der Waals surface area contributed by atoms with Gasteiger partial charge in [0.15, 0.2) is 5.82 Å². The number of hydrogen-bond donors (Lipinski definition) is 1. The molecular weight excluding hydrogens is 495 g/mol. The predicted molar refractivity (Wildman–Crippen MR) is 148 cm³/mol. The van der Waals surface area contributed by atoms with E-state index >= 15 is 4.39 Å². The molecule has 3 aromatic heterocycles. The SMILES string of the molecule is Cc1nc(-c2cn3c(n2)-c2cc(-c4c(C5CCCN(C(C)C)C5)n[nH]c4C)c(F)cc2OCC3)n(C(C)C)n1. The molecule has 1 N–H and O–H groups in total. The maximum Gasteiger partial charge on any atom is 0.178 e. The van der Waals surface area contributed by atoms with Crippen LogP contribution in [0.2, 0.25) is 0 Å². The minimum atomic E-state index is -0.313. The van der Waals surface area contributed by atoms with E-state index in [1.165, 1.54) is 6.07 Å². The van der Waals surface area contributed by atoms with E-state index in [-0.39, 0.29) is 17.8 Å². The van der Waals surface area contributed by atoms with Gasteiger partial charge < -0.3 is 14.2 Å². The number of rotatable bonds is 5. The largest absolute Gasteiger partial charge is 0.491 e. The highest BCUT2D eigenvalue weighted by Crippen LogP contribution is 2.42. The second-order valence-corrected chi connectivity index (χ2v) is 11.4. The highest BCUT2D eigenvalue weighted by atomic mass is 19.1. The molecule has 9 nitrogen and oxygen atoms in total. The van der Waals surface area contributed by atoms with Crippen molar-refractivity contribution in [2.75, 3.05) is 19.7 Å². The van der Waals surface area contributed by atoms with Crippen LogP contribution >= 0.6 is 0 Å². The first-order valence-corrected chi connectivity index (χ1v) is 14.0. The van der Waals surface area contributed by atoms with Crippen LogP contribution in [-0.4, -0.2) is 65.2 Å². The number of aromatic nitrogens is 7. The van der Waals surface area contributed by atoms with Gasteiger partial charge in [0, 0.05) is 53.6 Å². The van der Waals surface area contributed by atoms with Crippen molar-refractivity contribution in [2.45, 2.75) is 78.9 Å². The Bertz CT molecular complexity index is 1510. The van der Waals surface area contributed by atoms with E-state index in [0.717, 1.165) is 65.8 Å². The first-order chi connectivity index (χ1) is 18.7. The van der Waals surface area contributed by atoms with E-state index in [1.807, 2.05) is 30.8 Å². The number of likely N-dealkylation sites (tertiary alicyclic amines) is 1. The van der Waals surface area contributed by atoms with Crippen LogP contribution in [-0.2, 0) is 6.54 Å². The minimum Gasteiger partial charge on any atom is -0.491 e. The number of H-pyrrole nitrogens is 1. The Morgan fingerprint density at radius 2 is 1.85 bits per heavy atom. The number of nitrogens with one attached hydrogen (secondary N) is 1. The van der Waals surface area contributed by atoms with Gasteiger partial charge in [-0.3, -0.25) is 5.10 Å². The van der Waals surface area contributed by atoms with Crippen molar-refractivity contribution in [3.8, 4) is 39.8 Å². The maximum atomic E-state index is 15.8. The molecule has 1 fully saturated rings. The summed E-state index contributed by atoms with van der Waals surface area (Å²) in [6, 6.07) is 4.01. The molecule has 6 rings (SSSR count). The average molecular weight is 533 g/mol. The van der Waals surface area contributed by atoms with Crippen molar-refractivity contribution in [1.82, 2.24) is 39.4 Å². The molecule has 2 aliphatic heterocycles. The summed E-state index contributed by atoms with van der Waals surface area (Å²) in [5, 5.41) is 12.4. The van der Waals surface area contributed by atoms with Crippen LogP contribution in [0.25, 0.3) is 34.0 Å². The highest BCUT2D eigenvalue weighted by molar-refractivity contribution is 5.79. The second kappa shape index (κ2) is 9.89. The van der Waals surface area contributed by atoms with Crippen molar-refractivity contribution in [1.29, 1.82) is 0 Å². The molecule has 4 aromatic rings. The summed E-state index contributed by atoms with van der Waals surface area (Å²) in [7, 11) is 0. The fourth-order valence-electron chi connectivity index (χ4n) is 5.95. The van der Waals surface area contributed by atoms with Gasteiger partial charge in [0.05, 0.1) is 17.8 Å². The summed E-state index contributed by atoms with van der Waals surface area (Å²) in [6.45, 7) is 15.5. The van der Waals surface area contributed by atoms with Crippen LogP contribution in [0.4, 0.5) is 4.39 Å². The number of piperidine rings is 1. The Morgan fingerprint density at radius 3 is 2.62 bits per heavy atom. The third-order valence-electron chi connectivity index (χ3n) is 7.95. The number of imidazole rings is 1. The van der Waals surface area contributed by atoms with Crippen molar-refractivity contribution in [3.63, 3.8) is 0 Å². The Kier molecular flexibility index (Phi) is 6.53. The summed E-state index contributed by atoms with van der Waals surface area (Å²) in [5.74, 6) is 2.60. The quantitative estimate of drug-likeness (QED) is 0.364. The Hall–Kier alpha value is -3.53. The number of ether oxygens (including phenoxy) is 1. The average Bonchev–Trinajstić information content (AvgIpc) is 3.58. The Balaban J connectivity index is 1.45. The summed E-state index contributed by atoms with van der Waals surface area (Å²) in [5.41, 5.74) is 4.69. The predicted octanol–water partition coefficient (Wildman–Crippen LogP) is 5.52. The fraction of sp³-hybridized carbons (Fsp3) is 0.517. The molecule has 0 spiro atoms. The molecule has 1 atom stereocenters. The third kappa shape index (κ3) is 4.54. The molecule has 39 heavy (non-hydrogen) atoms. The molecule has 5 heterocycles. The molecule has 1 unspecified atom stereocenters. The van der Waals surface area contributed by atoms with E-state index in [1.54, 1.807) is 0 Å². The second-order valence-electron chi connectivity index (χ2n) is 11.4. The van der Waals surface area contributed by atoms with E-state index in [4.69, 9.17) is 14.8 Å². The van der Waals surface area contributed by atoms with Crippen LogP contribution in [0, 0.1) is 19.7 Å². The smallest absolute Gasteiger partial charge is 0.178 e. The van der Waals surface area contributed by atoms with Gasteiger partial charge in [-0.05, 0) is 67.0 Å². The molecule has 0 radical (unpaired) electrons. The zero-order valence-corrected chi connectivity index (χ0v) is 23.6. The van der Waals surface area contributed by atoms with Gasteiger partial charge in [0.2, 0.25) is 0 Å². The number of hydrogen-bond acceptors (Lipinski definition) is 6. The lowest BCUT2D eigenvalue weighted by Crippen LogP contribution is -2.39. The zero-order chi connectivity index (χ0) is 27.4. The fourth-order valence-corrected chi connectivity index (χ4v) is 5.95. The van der Waals surface area contributed by atoms with Crippen LogP contribution in [0.1, 0.15) is 69.7 Å². The first kappa shape index (κ1) is 25.7. The molecule has 0 aliphatic carbocycles. The zero-order valence-electron chi connectivity index (χ0n) is 23.6. The van der Waals surface area contributed by atoms with Crippen molar-refractivity contribution >= 4 is 0 Å². The molecule has 1 aromatic carbocycles. The number of aromatic amines is 1. The normalized spacial score (nSPS) is 17.8. The van der Waals surface area contributed by atoms with Gasteiger partial charge in [-0.1, -0.05) is 0 Å². The highest BCUT2D eigenvalue weighted by Gasteiger charge is 2.30. The number of fused-ring (bicyclic) bond motifs is 3. The standard InChI is InChI=1S/C29H37FN8O/c1-16(2)36-9-7-8-20(14-36)27-26(18(5)33-34-27)21-12-22-25(13-23(21)30)39-11-10-37-15-24(32-28(22)37)29-31-19(6)35-38(29)17(3)4/h12-13,15-17,20H,7-11,14H2,1-6H3,(H,33,34). The maximum absolute atomic E-state index is 15.8. The lowest BCUT2D eigenvalue weighted by molar-refractivity contribution is 0.166. The van der Waals surface area contributed by atoms with E-state index in [0.29, 0.717) is 36.3 Å². The van der Waals surface area contributed by atoms with Gasteiger partial charge in [-0.25, -0.2) is 19.0 Å². The number of nitrogens with zero attached hydrogens (tertiary/aromatic N) is 7. The van der Waals surface area contributed by atoms with E-state index in [2.05, 4.69) is 52.3 Å². The van der Waals surface area contributed by atoms with E-state index in [9.17, 15) is 0 Å². The molecule has 10 heteroatoms. The van der Waals surface area contributed by atoms with Crippen molar-refractivity contribution < 1.29 is 9.13 Å². The van der Waals surface area contributed by atoms with Crippen LogP contribution < -0.4 is 4.74 Å². The minimum absolute atomic E-state index is 0.146. The molecule has 0 bridgehead atoms. The number of aryl methyl sites for hydroxylation is 2. The first-order valence-electron chi connectivity index (χ1n) is 14.0. The Labute approximate surface area is 228 Å². The lowest BCUT2D eigenvalue weighted by atomic mass is 9.88. The molecule has 1 saturated heterocycles. The summed E-state index contributed by atoms with van der Waals surface area (Å²) in [6.07, 6.45) is 4.14. The molecule has 0 saturated carbocycles. The number of halogens is 1. The van der Waals surface area contributed by atoms with Gasteiger partial charge in [0.1, 0.15) is 35.5 Å². The van der Waals surface area contributed by atoms with Gasteiger partial charge in [-0.15, -0.1) is 0 Å². The molecule has 206 valence electrons. The summed E-state index contributed by atoms with van der Waals surface area (Å²) < 4.78 is 25.8. The van der Waals surface area contributed by atoms with Crippen molar-refractivity contribution in [2.24, 2.45) is 0 Å². The van der Waals surface area contributed by atoms with Crippen molar-refractivity contribution in [3.05, 3.63) is 41.4 Å². The summed E-state index contributed by atoms with van der Waals surface area (Å²) >= 11 is 0. The van der Waals surface area contributed by atoms with Gasteiger partial charge in [0.25, 0.3) is 0 Å². The molecular formula is C29H37FN8O. The Morgan fingerprint density at radius 1 is 1.03 bits per heavy atom. The van der Waals surface area contributed by atoms with E-state index < -0.39 is 0 Å². The van der Waals surface area contributed by atoms with Gasteiger partial charge in [-0.2, -0.15) is 10.2 Å². The summed E-state index contributed by atoms with van der Waals surface area (Å²) in [4.78, 5) is 12.1. The topological polar surface area (TPSA) is 89.7 Å². The van der Waals surface area contributed by atoms with Crippen LogP contribution in [0.3, 0.4) is 0 Å². The lowest BCUT2D eigenvalue weighted by Gasteiger charge is -2.35. The molecule has 2 aliphatic rings. The monoisotopic (exact) mass is 532 g/mol. The molecule has 0 amide bonds. The third-order valence-corrected chi connectivity index (χ3v) is 7.95. The van der Waals surface area contributed by atoms with Gasteiger partial charge >= 0.3 is 0 Å². The number of benzene rings is 1. The van der Waals surface area contributed by atoms with Crippen LogP contribution in [0.5, 0.6) is 5.75 Å².